The molecule has 1 heterocycles. The van der Waals surface area contributed by atoms with Crippen molar-refractivity contribution >= 4 is 34.6 Å². The SMILES string of the molecule is CN(C)c1ccc(N2C(c3ccc(Cl)cc3)=NOC2(C(=O)c2ccccc2)c2ccccc2)cc1. The summed E-state index contributed by atoms with van der Waals surface area (Å²) in [7, 11) is 3.98. The lowest BCUT2D eigenvalue weighted by atomic mass is 9.90. The third-order valence-corrected chi connectivity index (χ3v) is 6.28. The Morgan fingerprint density at radius 2 is 1.43 bits per heavy atom. The highest BCUT2D eigenvalue weighted by atomic mass is 35.5. The van der Waals surface area contributed by atoms with E-state index in [0.29, 0.717) is 22.0 Å². The second-order valence-corrected chi connectivity index (χ2v) is 8.90. The highest BCUT2D eigenvalue weighted by Gasteiger charge is 2.55. The second kappa shape index (κ2) is 9.28. The van der Waals surface area contributed by atoms with Gasteiger partial charge in [0.1, 0.15) is 0 Å². The minimum absolute atomic E-state index is 0.214. The van der Waals surface area contributed by atoms with Crippen molar-refractivity contribution in [3.63, 3.8) is 0 Å². The fraction of sp³-hybridized carbons (Fsp3) is 0.103. The molecule has 174 valence electrons. The van der Waals surface area contributed by atoms with E-state index in [2.05, 4.69) is 5.16 Å². The number of hydrogen-bond acceptors (Lipinski definition) is 5. The van der Waals surface area contributed by atoms with Crippen LogP contribution in [0.1, 0.15) is 21.5 Å². The maximum Gasteiger partial charge on any atom is 0.304 e. The van der Waals surface area contributed by atoms with Crippen LogP contribution in [0.4, 0.5) is 11.4 Å². The number of hydrogen-bond donors (Lipinski definition) is 0. The third-order valence-electron chi connectivity index (χ3n) is 6.03. The molecule has 0 saturated carbocycles. The molecule has 0 fully saturated rings. The third kappa shape index (κ3) is 4.04. The molecular weight excluding hydrogens is 458 g/mol. The first-order chi connectivity index (χ1) is 17.0. The Bertz CT molecular complexity index is 1350. The number of rotatable bonds is 6. The smallest absolute Gasteiger partial charge is 0.304 e. The maximum absolute atomic E-state index is 14.3. The predicted octanol–water partition coefficient (Wildman–Crippen LogP) is 6.34. The Kier molecular flexibility index (Phi) is 6.01. The number of ketones is 1. The standard InChI is InChI=1S/C29H24ClN3O2/c1-32(2)25-17-19-26(20-18-25)33-28(22-13-15-24(30)16-14-22)31-35-29(33,23-11-7-4-8-12-23)27(34)21-9-5-3-6-10-21/h3-20H,1-2H3. The number of amidine groups is 1. The molecule has 6 heteroatoms. The van der Waals surface area contributed by atoms with Gasteiger partial charge in [-0.05, 0) is 48.5 Å². The molecule has 1 atom stereocenters. The molecule has 0 radical (unpaired) electrons. The van der Waals surface area contributed by atoms with Crippen LogP contribution in [0, 0.1) is 0 Å². The van der Waals surface area contributed by atoms with E-state index in [4.69, 9.17) is 16.4 Å². The lowest BCUT2D eigenvalue weighted by molar-refractivity contribution is -0.00648. The molecular formula is C29H24ClN3O2. The van der Waals surface area contributed by atoms with Crippen LogP contribution in [0.15, 0.2) is 114 Å². The number of Topliss-reactive ketones (excluding diaryl/α,β-unsaturated/α-hetero) is 1. The van der Waals surface area contributed by atoms with Gasteiger partial charge in [-0.15, -0.1) is 0 Å². The number of nitrogens with zero attached hydrogens (tertiary/aromatic N) is 3. The van der Waals surface area contributed by atoms with E-state index in [1.54, 1.807) is 24.3 Å². The summed E-state index contributed by atoms with van der Waals surface area (Å²) in [6.45, 7) is 0. The normalized spacial score (nSPS) is 17.0. The fourth-order valence-corrected chi connectivity index (χ4v) is 4.36. The zero-order valence-corrected chi connectivity index (χ0v) is 20.2. The zero-order valence-electron chi connectivity index (χ0n) is 19.4. The van der Waals surface area contributed by atoms with Crippen LogP contribution in [-0.2, 0) is 10.6 Å². The van der Waals surface area contributed by atoms with Crippen molar-refractivity contribution in [1.82, 2.24) is 0 Å². The summed E-state index contributed by atoms with van der Waals surface area (Å²) in [5.41, 5.74) is 2.27. The number of oxime groups is 1. The van der Waals surface area contributed by atoms with Crippen LogP contribution in [0.25, 0.3) is 0 Å². The van der Waals surface area contributed by atoms with Gasteiger partial charge in [0, 0.05) is 47.2 Å². The van der Waals surface area contributed by atoms with Crippen LogP contribution in [-0.4, -0.2) is 25.7 Å². The number of carbonyl (C=O) groups is 1. The van der Waals surface area contributed by atoms with E-state index in [0.717, 1.165) is 16.9 Å². The van der Waals surface area contributed by atoms with E-state index in [1.807, 2.05) is 109 Å². The van der Waals surface area contributed by atoms with Crippen LogP contribution in [0.2, 0.25) is 5.02 Å². The highest BCUT2D eigenvalue weighted by Crippen LogP contribution is 2.43. The average Bonchev–Trinajstić information content (AvgIpc) is 3.31. The summed E-state index contributed by atoms with van der Waals surface area (Å²) in [6.07, 6.45) is 0. The van der Waals surface area contributed by atoms with Gasteiger partial charge in [-0.3, -0.25) is 9.69 Å². The van der Waals surface area contributed by atoms with Crippen LogP contribution >= 0.6 is 11.6 Å². The Hall–Kier alpha value is -4.09. The molecule has 0 bridgehead atoms. The van der Waals surface area contributed by atoms with Gasteiger partial charge in [0.15, 0.2) is 5.84 Å². The number of carbonyl (C=O) groups excluding carboxylic acids is 1. The summed E-state index contributed by atoms with van der Waals surface area (Å²) in [4.78, 5) is 24.4. The zero-order chi connectivity index (χ0) is 24.4. The lowest BCUT2D eigenvalue weighted by Gasteiger charge is -2.36. The van der Waals surface area contributed by atoms with Crippen molar-refractivity contribution in [3.8, 4) is 0 Å². The van der Waals surface area contributed by atoms with Gasteiger partial charge in [0.25, 0.3) is 0 Å². The molecule has 0 aromatic heterocycles. The van der Waals surface area contributed by atoms with Gasteiger partial charge in [-0.1, -0.05) is 77.4 Å². The Labute approximate surface area is 209 Å². The Balaban J connectivity index is 1.74. The quantitative estimate of drug-likeness (QED) is 0.301. The van der Waals surface area contributed by atoms with Crippen LogP contribution in [0.5, 0.6) is 0 Å². The molecule has 4 aromatic carbocycles. The van der Waals surface area contributed by atoms with E-state index in [9.17, 15) is 4.79 Å². The van der Waals surface area contributed by atoms with Crippen molar-refractivity contribution in [1.29, 1.82) is 0 Å². The van der Waals surface area contributed by atoms with Gasteiger partial charge in [0.2, 0.25) is 5.78 Å². The van der Waals surface area contributed by atoms with E-state index >= 15 is 0 Å². The lowest BCUT2D eigenvalue weighted by Crippen LogP contribution is -2.52. The summed E-state index contributed by atoms with van der Waals surface area (Å²) < 4.78 is 0. The molecule has 0 amide bonds. The first-order valence-electron chi connectivity index (χ1n) is 11.3. The van der Waals surface area contributed by atoms with E-state index in [-0.39, 0.29) is 5.78 Å². The minimum atomic E-state index is -1.53. The first-order valence-corrected chi connectivity index (χ1v) is 11.6. The number of benzene rings is 4. The summed E-state index contributed by atoms with van der Waals surface area (Å²) in [5, 5.41) is 5.11. The number of anilines is 2. The number of halogens is 1. The molecule has 5 rings (SSSR count). The topological polar surface area (TPSA) is 45.1 Å². The molecule has 35 heavy (non-hydrogen) atoms. The largest absolute Gasteiger partial charge is 0.378 e. The van der Waals surface area contributed by atoms with Crippen molar-refractivity contribution in [2.75, 3.05) is 23.9 Å². The van der Waals surface area contributed by atoms with Gasteiger partial charge in [-0.25, -0.2) is 0 Å². The molecule has 0 spiro atoms. The van der Waals surface area contributed by atoms with Crippen molar-refractivity contribution in [2.24, 2.45) is 5.16 Å². The molecule has 0 aliphatic carbocycles. The van der Waals surface area contributed by atoms with Crippen molar-refractivity contribution in [2.45, 2.75) is 5.72 Å². The van der Waals surface area contributed by atoms with Crippen LogP contribution < -0.4 is 9.80 Å². The molecule has 1 aliphatic rings. The summed E-state index contributed by atoms with van der Waals surface area (Å²) in [6, 6.07) is 34.0. The van der Waals surface area contributed by atoms with E-state index < -0.39 is 5.72 Å². The molecule has 1 aliphatic heterocycles. The minimum Gasteiger partial charge on any atom is -0.378 e. The summed E-state index contributed by atoms with van der Waals surface area (Å²) in [5.74, 6) is 0.307. The molecule has 0 N–H and O–H groups in total. The monoisotopic (exact) mass is 481 g/mol. The van der Waals surface area contributed by atoms with Gasteiger partial charge in [0.05, 0.1) is 0 Å². The molecule has 0 saturated heterocycles. The Morgan fingerprint density at radius 1 is 0.829 bits per heavy atom. The van der Waals surface area contributed by atoms with Crippen molar-refractivity contribution < 1.29 is 9.63 Å². The van der Waals surface area contributed by atoms with Crippen molar-refractivity contribution in [3.05, 3.63) is 131 Å². The van der Waals surface area contributed by atoms with Gasteiger partial charge in [-0.2, -0.15) is 0 Å². The predicted molar refractivity (Wildman–Crippen MR) is 141 cm³/mol. The molecule has 5 nitrogen and oxygen atoms in total. The Morgan fingerprint density at radius 3 is 2.03 bits per heavy atom. The van der Waals surface area contributed by atoms with E-state index in [1.165, 1.54) is 0 Å². The van der Waals surface area contributed by atoms with Gasteiger partial charge >= 0.3 is 5.72 Å². The van der Waals surface area contributed by atoms with Crippen LogP contribution in [0.3, 0.4) is 0 Å². The maximum atomic E-state index is 14.3. The highest BCUT2D eigenvalue weighted by molar-refractivity contribution is 6.30. The molecule has 4 aromatic rings. The average molecular weight is 482 g/mol. The molecule has 1 unspecified atom stereocenters. The van der Waals surface area contributed by atoms with Gasteiger partial charge < -0.3 is 9.74 Å². The summed E-state index contributed by atoms with van der Waals surface area (Å²) >= 11 is 6.16. The first kappa shape index (κ1) is 22.7. The fourth-order valence-electron chi connectivity index (χ4n) is 4.23. The second-order valence-electron chi connectivity index (χ2n) is 8.46.